The molecule has 0 spiro atoms. The summed E-state index contributed by atoms with van der Waals surface area (Å²) in [5, 5.41) is 0. The van der Waals surface area contributed by atoms with Crippen molar-refractivity contribution in [2.75, 3.05) is 5.75 Å². The molecule has 0 bridgehead atoms. The normalized spacial score (nSPS) is 11.2. The summed E-state index contributed by atoms with van der Waals surface area (Å²) in [7, 11) is 0. The van der Waals surface area contributed by atoms with Crippen LogP contribution >= 0.6 is 11.8 Å². The maximum atomic E-state index is 12.9. The van der Waals surface area contributed by atoms with Gasteiger partial charge in [-0.15, -0.1) is 11.8 Å². The van der Waals surface area contributed by atoms with Crippen molar-refractivity contribution < 1.29 is 9.18 Å². The topological polar surface area (TPSA) is 17.1 Å². The summed E-state index contributed by atoms with van der Waals surface area (Å²) < 4.78 is 12.9. The smallest absolute Gasteiger partial charge is 0.185 e. The number of carbonyl (C=O) groups excluding carboxylic acids is 1. The van der Waals surface area contributed by atoms with Gasteiger partial charge in [0.05, 0.1) is 0 Å². The molecule has 0 fully saturated rings. The zero-order valence-corrected chi connectivity index (χ0v) is 16.2. The highest BCUT2D eigenvalue weighted by atomic mass is 32.2. The molecule has 3 heteroatoms. The number of unbranched alkanes of at least 4 members (excludes halogenated alkanes) is 5. The minimum atomic E-state index is -0.333. The number of benzene rings is 2. The number of carbonyl (C=O) groups is 1. The zero-order valence-electron chi connectivity index (χ0n) is 15.4. The number of ketones is 1. The van der Waals surface area contributed by atoms with Crippen LogP contribution in [-0.2, 0) is 0 Å². The van der Waals surface area contributed by atoms with Crippen LogP contribution in [0.4, 0.5) is 4.39 Å². The second kappa shape index (κ2) is 11.7. The zero-order chi connectivity index (χ0) is 18.6. The lowest BCUT2D eigenvalue weighted by molar-refractivity contribution is 0.104. The van der Waals surface area contributed by atoms with Crippen LogP contribution in [0.5, 0.6) is 0 Å². The molecule has 0 radical (unpaired) electrons. The molecule has 138 valence electrons. The van der Waals surface area contributed by atoms with Crippen molar-refractivity contribution in [3.8, 4) is 0 Å². The average molecular weight is 371 g/mol. The third-order valence-electron chi connectivity index (χ3n) is 4.18. The average Bonchev–Trinajstić information content (AvgIpc) is 2.66. The van der Waals surface area contributed by atoms with Crippen molar-refractivity contribution in [2.45, 2.75) is 50.3 Å². The Labute approximate surface area is 160 Å². The van der Waals surface area contributed by atoms with Gasteiger partial charge >= 0.3 is 0 Å². The molecule has 2 aromatic rings. The van der Waals surface area contributed by atoms with Crippen LogP contribution in [0.3, 0.4) is 0 Å². The molecule has 1 nitrogen and oxygen atoms in total. The van der Waals surface area contributed by atoms with Gasteiger partial charge in [0, 0.05) is 10.5 Å². The largest absolute Gasteiger partial charge is 0.289 e. The van der Waals surface area contributed by atoms with E-state index in [1.807, 2.05) is 30.0 Å². The summed E-state index contributed by atoms with van der Waals surface area (Å²) in [6.45, 7) is 2.24. The first-order chi connectivity index (χ1) is 12.7. The number of allylic oxidation sites excluding steroid dienone is 1. The molecule has 0 aliphatic heterocycles. The highest BCUT2D eigenvalue weighted by molar-refractivity contribution is 7.99. The summed E-state index contributed by atoms with van der Waals surface area (Å²) in [6.07, 6.45) is 11.2. The molecule has 0 atom stereocenters. The Morgan fingerprint density at radius 1 is 1.00 bits per heavy atom. The predicted octanol–water partition coefficient (Wildman–Crippen LogP) is 7.17. The molecule has 0 heterocycles. The van der Waals surface area contributed by atoms with Gasteiger partial charge < -0.3 is 0 Å². The molecule has 0 aromatic heterocycles. The van der Waals surface area contributed by atoms with Gasteiger partial charge in [-0.3, -0.25) is 4.79 Å². The van der Waals surface area contributed by atoms with Crippen LogP contribution in [0.1, 0.15) is 61.4 Å². The molecule has 2 aromatic carbocycles. The maximum absolute atomic E-state index is 12.9. The van der Waals surface area contributed by atoms with E-state index in [0.717, 1.165) is 11.3 Å². The van der Waals surface area contributed by atoms with E-state index in [9.17, 15) is 9.18 Å². The van der Waals surface area contributed by atoms with E-state index < -0.39 is 0 Å². The van der Waals surface area contributed by atoms with Crippen LogP contribution in [-0.4, -0.2) is 11.5 Å². The number of rotatable bonds is 11. The molecule has 0 aliphatic rings. The van der Waals surface area contributed by atoms with E-state index in [1.54, 1.807) is 6.08 Å². The highest BCUT2D eigenvalue weighted by Crippen LogP contribution is 2.22. The Kier molecular flexibility index (Phi) is 9.19. The second-order valence-corrected chi connectivity index (χ2v) is 7.56. The van der Waals surface area contributed by atoms with Gasteiger partial charge in [-0.2, -0.15) is 0 Å². The summed E-state index contributed by atoms with van der Waals surface area (Å²) in [5.41, 5.74) is 1.50. The molecule has 0 unspecified atom stereocenters. The lowest BCUT2D eigenvalue weighted by atomic mass is 10.1. The maximum Gasteiger partial charge on any atom is 0.185 e. The molecular weight excluding hydrogens is 343 g/mol. The van der Waals surface area contributed by atoms with E-state index in [-0.39, 0.29) is 11.6 Å². The van der Waals surface area contributed by atoms with Gasteiger partial charge in [-0.25, -0.2) is 4.39 Å². The van der Waals surface area contributed by atoms with Crippen LogP contribution in [0.15, 0.2) is 59.5 Å². The lowest BCUT2D eigenvalue weighted by Crippen LogP contribution is -1.93. The van der Waals surface area contributed by atoms with Crippen molar-refractivity contribution in [1.82, 2.24) is 0 Å². The fourth-order valence-corrected chi connectivity index (χ4v) is 3.64. The third-order valence-corrected chi connectivity index (χ3v) is 5.26. The van der Waals surface area contributed by atoms with E-state index in [2.05, 4.69) is 19.1 Å². The summed E-state index contributed by atoms with van der Waals surface area (Å²) in [4.78, 5) is 13.4. The minimum Gasteiger partial charge on any atom is -0.289 e. The molecule has 0 aliphatic carbocycles. The number of hydrogen-bond donors (Lipinski definition) is 0. The fourth-order valence-electron chi connectivity index (χ4n) is 2.66. The predicted molar refractivity (Wildman–Crippen MR) is 110 cm³/mol. The molecule has 0 amide bonds. The molecule has 2 rings (SSSR count). The number of hydrogen-bond acceptors (Lipinski definition) is 2. The minimum absolute atomic E-state index is 0.116. The monoisotopic (exact) mass is 370 g/mol. The van der Waals surface area contributed by atoms with Crippen molar-refractivity contribution in [3.63, 3.8) is 0 Å². The van der Waals surface area contributed by atoms with Gasteiger partial charge in [0.25, 0.3) is 0 Å². The Hall–Kier alpha value is -1.87. The number of halogens is 1. The Morgan fingerprint density at radius 2 is 1.73 bits per heavy atom. The van der Waals surface area contributed by atoms with Gasteiger partial charge in [0.1, 0.15) is 5.82 Å². The van der Waals surface area contributed by atoms with E-state index in [0.29, 0.717) is 5.56 Å². The Morgan fingerprint density at radius 3 is 2.50 bits per heavy atom. The van der Waals surface area contributed by atoms with Gasteiger partial charge in [0.2, 0.25) is 0 Å². The van der Waals surface area contributed by atoms with Crippen LogP contribution < -0.4 is 0 Å². The molecular formula is C23H27FOS. The first kappa shape index (κ1) is 20.4. The number of thioether (sulfide) groups is 1. The first-order valence-electron chi connectivity index (χ1n) is 9.40. The van der Waals surface area contributed by atoms with Crippen LogP contribution in [0.2, 0.25) is 0 Å². The van der Waals surface area contributed by atoms with Crippen molar-refractivity contribution in [1.29, 1.82) is 0 Å². The SMILES string of the molecule is CCCCCCCCSc1cccc(/C=C/C(=O)c2ccc(F)cc2)c1. The molecule has 26 heavy (non-hydrogen) atoms. The van der Waals surface area contributed by atoms with Gasteiger partial charge in [0.15, 0.2) is 5.78 Å². The summed E-state index contributed by atoms with van der Waals surface area (Å²) in [6, 6.07) is 13.9. The van der Waals surface area contributed by atoms with Crippen molar-refractivity contribution >= 4 is 23.6 Å². The summed E-state index contributed by atoms with van der Waals surface area (Å²) in [5.74, 6) is 0.684. The fraction of sp³-hybridized carbons (Fsp3) is 0.348. The van der Waals surface area contributed by atoms with E-state index in [4.69, 9.17) is 0 Å². The molecule has 0 N–H and O–H groups in total. The lowest BCUT2D eigenvalue weighted by Gasteiger charge is -2.03. The summed E-state index contributed by atoms with van der Waals surface area (Å²) >= 11 is 1.87. The third kappa shape index (κ3) is 7.57. The van der Waals surface area contributed by atoms with Crippen molar-refractivity contribution in [3.05, 3.63) is 71.6 Å². The second-order valence-electron chi connectivity index (χ2n) is 6.39. The molecule has 0 saturated heterocycles. The van der Waals surface area contributed by atoms with Crippen molar-refractivity contribution in [2.24, 2.45) is 0 Å². The Balaban J connectivity index is 1.80. The van der Waals surface area contributed by atoms with Crippen LogP contribution in [0, 0.1) is 5.82 Å². The first-order valence-corrected chi connectivity index (χ1v) is 10.4. The van der Waals surface area contributed by atoms with E-state index >= 15 is 0 Å². The van der Waals surface area contributed by atoms with Crippen LogP contribution in [0.25, 0.3) is 6.08 Å². The molecule has 0 saturated carbocycles. The van der Waals surface area contributed by atoms with Gasteiger partial charge in [-0.1, -0.05) is 57.2 Å². The quantitative estimate of drug-likeness (QED) is 0.180. The standard InChI is InChI=1S/C23H27FOS/c1-2-3-4-5-6-7-17-26-22-10-8-9-19(18-22)11-16-23(25)20-12-14-21(24)15-13-20/h8-16,18H,2-7,17H2,1H3/b16-11+. The van der Waals surface area contributed by atoms with E-state index in [1.165, 1.54) is 67.7 Å². The Bertz CT molecular complexity index is 706. The highest BCUT2D eigenvalue weighted by Gasteiger charge is 2.02. The van der Waals surface area contributed by atoms with Gasteiger partial charge in [-0.05, 0) is 60.2 Å².